The van der Waals surface area contributed by atoms with Gasteiger partial charge in [-0.15, -0.1) is 0 Å². The fraction of sp³-hybridized carbons (Fsp3) is 0.750. The van der Waals surface area contributed by atoms with Gasteiger partial charge in [0.1, 0.15) is 16.8 Å². The molecule has 10 nitrogen and oxygen atoms in total. The van der Waals surface area contributed by atoms with Crippen LogP contribution in [-0.2, 0) is 23.7 Å². The Kier molecular flexibility index (Phi) is 6.46. The quantitative estimate of drug-likeness (QED) is 0.414. The molecule has 3 N–H and O–H groups in total. The summed E-state index contributed by atoms with van der Waals surface area (Å²) in [5, 5.41) is 28.4. The number of para-hydroxylation sites is 1. The average Bonchev–Trinajstić information content (AvgIpc) is 3.39. The van der Waals surface area contributed by atoms with Crippen LogP contribution >= 0.6 is 0 Å². The number of carbonyl (C=O) groups excluding carboxylic acids is 2. The Labute approximate surface area is 247 Å². The van der Waals surface area contributed by atoms with Crippen LogP contribution in [0.5, 0.6) is 0 Å². The summed E-state index contributed by atoms with van der Waals surface area (Å²) in [6.07, 6.45) is 1.91. The summed E-state index contributed by atoms with van der Waals surface area (Å²) in [6, 6.07) is 6.89. The van der Waals surface area contributed by atoms with Crippen molar-refractivity contribution in [2.75, 3.05) is 39.7 Å². The smallest absolute Gasteiger partial charge is 0.340 e. The Morgan fingerprint density at radius 1 is 1.07 bits per heavy atom. The first kappa shape index (κ1) is 28.7. The molecule has 1 aromatic rings. The summed E-state index contributed by atoms with van der Waals surface area (Å²) < 4.78 is 25.1. The highest BCUT2D eigenvalue weighted by molar-refractivity contribution is 6.00. The van der Waals surface area contributed by atoms with Crippen LogP contribution in [0.25, 0.3) is 0 Å². The number of fused-ring (bicyclic) bond motifs is 2. The molecule has 1 spiro atoms. The van der Waals surface area contributed by atoms with E-state index in [1.807, 2.05) is 0 Å². The van der Waals surface area contributed by atoms with Crippen molar-refractivity contribution in [1.82, 2.24) is 4.90 Å². The molecule has 1 aliphatic heterocycles. The summed E-state index contributed by atoms with van der Waals surface area (Å²) in [5.74, 6) is -1.54. The van der Waals surface area contributed by atoms with Crippen LogP contribution in [0, 0.1) is 29.1 Å². The molecule has 1 aromatic carbocycles. The fourth-order valence-electron chi connectivity index (χ4n) is 11.6. The van der Waals surface area contributed by atoms with Gasteiger partial charge >= 0.3 is 5.97 Å². The van der Waals surface area contributed by atoms with Crippen LogP contribution in [0.1, 0.15) is 56.3 Å². The van der Waals surface area contributed by atoms with Gasteiger partial charge in [0, 0.05) is 76.3 Å². The van der Waals surface area contributed by atoms with E-state index in [1.54, 1.807) is 45.6 Å². The van der Waals surface area contributed by atoms with Gasteiger partial charge in [0.2, 0.25) is 5.91 Å². The van der Waals surface area contributed by atoms with E-state index in [0.717, 1.165) is 0 Å². The predicted octanol–water partition coefficient (Wildman–Crippen LogP) is 2.22. The molecule has 5 aliphatic carbocycles. The zero-order chi connectivity index (χ0) is 29.8. The van der Waals surface area contributed by atoms with Crippen molar-refractivity contribution in [3.63, 3.8) is 0 Å². The zero-order valence-corrected chi connectivity index (χ0v) is 25.2. The van der Waals surface area contributed by atoms with Crippen LogP contribution in [0.2, 0.25) is 0 Å². The number of amides is 1. The molecular weight excluding hydrogens is 540 g/mol. The van der Waals surface area contributed by atoms with Crippen molar-refractivity contribution in [3.05, 3.63) is 29.8 Å². The van der Waals surface area contributed by atoms with Crippen LogP contribution in [0.3, 0.4) is 0 Å². The minimum Gasteiger partial charge on any atom is -0.454 e. The molecule has 0 aromatic heterocycles. The van der Waals surface area contributed by atoms with Crippen LogP contribution in [0.15, 0.2) is 24.3 Å². The molecule has 5 saturated carbocycles. The first-order valence-corrected chi connectivity index (χ1v) is 15.4. The maximum absolute atomic E-state index is 14.0. The number of nitrogens with one attached hydrogen (secondary N) is 1. The van der Waals surface area contributed by atoms with Gasteiger partial charge in [-0.05, 0) is 44.4 Å². The number of methoxy groups -OCH3 is 3. The fourth-order valence-corrected chi connectivity index (χ4v) is 11.6. The minimum atomic E-state index is -1.48. The number of ether oxygens (including phenoxy) is 4. The van der Waals surface area contributed by atoms with Gasteiger partial charge in [-0.25, -0.2) is 4.79 Å². The second-order valence-corrected chi connectivity index (χ2v) is 13.7. The van der Waals surface area contributed by atoms with E-state index in [-0.39, 0.29) is 47.8 Å². The summed E-state index contributed by atoms with van der Waals surface area (Å²) in [4.78, 5) is 28.3. The number of benzene rings is 1. The van der Waals surface area contributed by atoms with Gasteiger partial charge < -0.3 is 34.5 Å². The van der Waals surface area contributed by atoms with Crippen molar-refractivity contribution in [2.24, 2.45) is 29.1 Å². The number of likely N-dealkylation sites (tertiary alicyclic amines) is 1. The lowest BCUT2D eigenvalue weighted by Crippen LogP contribution is -2.83. The number of aliphatic hydroxyl groups is 2. The monoisotopic (exact) mass is 584 g/mol. The third-order valence-corrected chi connectivity index (χ3v) is 12.6. The molecule has 7 rings (SSSR count). The standard InChI is InChI=1S/C32H44N2O8/c1-6-34-16-29(42-28(36)18-9-7-8-10-21(18)33-17(2)35)12-11-25(40-4)31-23(29)14-20(26(31)34)30(37)15-22(39-3)19-13-24(31)32(30,38)27(19)41-5/h7-10,19-20,22-27,37-38H,6,11-16H2,1-5H3,(H,33,35)/t19-,20-,22+,23?,24?,25+,26?,27+,29-,30+,31+,32+/m1/s1. The molecule has 1 amide bonds. The van der Waals surface area contributed by atoms with Gasteiger partial charge in [-0.1, -0.05) is 19.1 Å². The highest BCUT2D eigenvalue weighted by Crippen LogP contribution is 2.79. The SMILES string of the molecule is CCN1C[C@]2(OC(=O)c3ccccc3NC(C)=O)CC[C@H](OC)[C@]34C1[C@@H](CC23)[C@@]1(O)C[C@H](OC)[C@H]2CC4[C@]1(O)[C@H]2OC. The number of rotatable bonds is 7. The van der Waals surface area contributed by atoms with E-state index in [1.165, 1.54) is 6.92 Å². The summed E-state index contributed by atoms with van der Waals surface area (Å²) in [7, 11) is 5.05. The van der Waals surface area contributed by atoms with E-state index in [9.17, 15) is 19.8 Å². The second-order valence-electron chi connectivity index (χ2n) is 13.7. The molecule has 0 radical (unpaired) electrons. The summed E-state index contributed by atoms with van der Waals surface area (Å²) >= 11 is 0. The van der Waals surface area contributed by atoms with Crippen LogP contribution < -0.4 is 5.32 Å². The first-order valence-electron chi connectivity index (χ1n) is 15.4. The number of carbonyl (C=O) groups is 2. The molecule has 1 heterocycles. The van der Waals surface area contributed by atoms with Gasteiger partial charge in [-0.3, -0.25) is 9.69 Å². The molecule has 6 fully saturated rings. The molecule has 6 aliphatic rings. The second kappa shape index (κ2) is 9.46. The molecule has 230 valence electrons. The lowest BCUT2D eigenvalue weighted by Gasteiger charge is -2.70. The van der Waals surface area contributed by atoms with E-state index in [4.69, 9.17) is 18.9 Å². The zero-order valence-electron chi connectivity index (χ0n) is 25.2. The van der Waals surface area contributed by atoms with Crippen LogP contribution in [-0.4, -0.2) is 103 Å². The Balaban J connectivity index is 1.38. The molecule has 1 saturated heterocycles. The van der Waals surface area contributed by atoms with E-state index >= 15 is 0 Å². The number of hydrogen-bond acceptors (Lipinski definition) is 9. The van der Waals surface area contributed by atoms with Crippen molar-refractivity contribution < 1.29 is 38.7 Å². The molecule has 12 atom stereocenters. The van der Waals surface area contributed by atoms with Gasteiger partial charge in [-0.2, -0.15) is 0 Å². The third-order valence-electron chi connectivity index (χ3n) is 12.6. The van der Waals surface area contributed by atoms with Crippen molar-refractivity contribution in [2.45, 2.75) is 87.1 Å². The Morgan fingerprint density at radius 2 is 1.83 bits per heavy atom. The topological polar surface area (TPSA) is 127 Å². The van der Waals surface area contributed by atoms with Gasteiger partial charge in [0.05, 0.1) is 29.6 Å². The van der Waals surface area contributed by atoms with Crippen molar-refractivity contribution in [1.29, 1.82) is 0 Å². The van der Waals surface area contributed by atoms with E-state index in [2.05, 4.69) is 17.1 Å². The molecule has 42 heavy (non-hydrogen) atoms. The Hall–Kier alpha value is -2.08. The summed E-state index contributed by atoms with van der Waals surface area (Å²) in [6.45, 7) is 4.79. The lowest BCUT2D eigenvalue weighted by molar-refractivity contribution is -0.337. The Bertz CT molecular complexity index is 1290. The maximum Gasteiger partial charge on any atom is 0.340 e. The lowest BCUT2D eigenvalue weighted by atomic mass is 9.44. The normalized spacial score (nSPS) is 48.2. The predicted molar refractivity (Wildman–Crippen MR) is 152 cm³/mol. The average molecular weight is 585 g/mol. The van der Waals surface area contributed by atoms with E-state index in [0.29, 0.717) is 56.4 Å². The number of esters is 1. The largest absolute Gasteiger partial charge is 0.454 e. The number of hydrogen-bond donors (Lipinski definition) is 3. The summed E-state index contributed by atoms with van der Waals surface area (Å²) in [5.41, 5.74) is -3.57. The van der Waals surface area contributed by atoms with Gasteiger partial charge in [0.25, 0.3) is 0 Å². The molecular formula is C32H44N2O8. The molecule has 7 bridgehead atoms. The molecule has 3 unspecified atom stereocenters. The number of likely N-dealkylation sites (N-methyl/N-ethyl adjacent to an activating group) is 1. The number of piperidine rings is 1. The van der Waals surface area contributed by atoms with Crippen molar-refractivity contribution >= 4 is 17.6 Å². The molecule has 10 heteroatoms. The van der Waals surface area contributed by atoms with Crippen LogP contribution in [0.4, 0.5) is 5.69 Å². The van der Waals surface area contributed by atoms with Gasteiger partial charge in [0.15, 0.2) is 0 Å². The minimum absolute atomic E-state index is 0.0432. The number of anilines is 1. The first-order chi connectivity index (χ1) is 20.1. The third kappa shape index (κ3) is 3.21. The highest BCUT2D eigenvalue weighted by atomic mass is 16.6. The van der Waals surface area contributed by atoms with E-state index < -0.39 is 34.3 Å². The Morgan fingerprint density at radius 3 is 2.50 bits per heavy atom. The highest BCUT2D eigenvalue weighted by Gasteiger charge is 2.89. The maximum atomic E-state index is 14.0. The number of nitrogens with zero attached hydrogens (tertiary/aromatic N) is 1. The van der Waals surface area contributed by atoms with Crippen molar-refractivity contribution in [3.8, 4) is 0 Å².